The summed E-state index contributed by atoms with van der Waals surface area (Å²) in [4.78, 5) is 0. The van der Waals surface area contributed by atoms with Crippen LogP contribution in [0.5, 0.6) is 11.5 Å². The Balaban J connectivity index is 1.86. The Kier molecular flexibility index (Phi) is 5.44. The number of likely N-dealkylation sites (N-methyl/N-ethyl adjacent to an activating group) is 1. The summed E-state index contributed by atoms with van der Waals surface area (Å²) in [6, 6.07) is 6.09. The predicted octanol–water partition coefficient (Wildman–Crippen LogP) is 1.73. The molecule has 0 fully saturated rings. The molecular weight excluding hydrogens is 246 g/mol. The molecule has 1 atom stereocenters. The third kappa shape index (κ3) is 3.83. The highest BCUT2D eigenvalue weighted by Crippen LogP contribution is 2.34. The zero-order valence-electron chi connectivity index (χ0n) is 11.5. The van der Waals surface area contributed by atoms with Crippen LogP contribution in [0.2, 0.25) is 0 Å². The lowest BCUT2D eigenvalue weighted by atomic mass is 10.1. The third-order valence-corrected chi connectivity index (χ3v) is 3.01. The highest BCUT2D eigenvalue weighted by atomic mass is 16.7. The molecule has 19 heavy (non-hydrogen) atoms. The first kappa shape index (κ1) is 14.1. The van der Waals surface area contributed by atoms with Crippen molar-refractivity contribution < 1.29 is 18.9 Å². The Morgan fingerprint density at radius 2 is 2.00 bits per heavy atom. The molecule has 0 aromatic heterocycles. The van der Waals surface area contributed by atoms with Gasteiger partial charge in [0.05, 0.1) is 25.9 Å². The minimum atomic E-state index is 0.135. The molecule has 1 N–H and O–H groups in total. The van der Waals surface area contributed by atoms with Crippen molar-refractivity contribution in [2.24, 2.45) is 0 Å². The molecule has 0 saturated carbocycles. The highest BCUT2D eigenvalue weighted by molar-refractivity contribution is 5.45. The van der Waals surface area contributed by atoms with E-state index in [1.54, 1.807) is 0 Å². The predicted molar refractivity (Wildman–Crippen MR) is 71.7 cm³/mol. The van der Waals surface area contributed by atoms with E-state index in [1.165, 1.54) is 0 Å². The lowest BCUT2D eigenvalue weighted by Gasteiger charge is -2.17. The van der Waals surface area contributed by atoms with Crippen LogP contribution < -0.4 is 14.8 Å². The number of hydrogen-bond acceptors (Lipinski definition) is 5. The van der Waals surface area contributed by atoms with Crippen molar-refractivity contribution in [1.82, 2.24) is 5.32 Å². The molecule has 5 nitrogen and oxygen atoms in total. The van der Waals surface area contributed by atoms with E-state index in [9.17, 15) is 0 Å². The summed E-state index contributed by atoms with van der Waals surface area (Å²) in [5, 5.41) is 3.24. The van der Waals surface area contributed by atoms with Crippen LogP contribution in [0.1, 0.15) is 18.5 Å². The molecule has 1 aromatic rings. The molecule has 0 bridgehead atoms. The van der Waals surface area contributed by atoms with Crippen molar-refractivity contribution in [3.05, 3.63) is 23.8 Å². The molecule has 1 unspecified atom stereocenters. The maximum absolute atomic E-state index is 5.60. The van der Waals surface area contributed by atoms with Gasteiger partial charge in [-0.3, -0.25) is 0 Å². The van der Waals surface area contributed by atoms with E-state index < -0.39 is 0 Å². The van der Waals surface area contributed by atoms with Gasteiger partial charge in [0.25, 0.3) is 0 Å². The van der Waals surface area contributed by atoms with Crippen molar-refractivity contribution in [1.29, 1.82) is 0 Å². The number of fused-ring (bicyclic) bond motifs is 1. The molecule has 1 aliphatic heterocycles. The largest absolute Gasteiger partial charge is 0.454 e. The van der Waals surface area contributed by atoms with Crippen molar-refractivity contribution in [3.63, 3.8) is 0 Å². The standard InChI is InChI=1S/C14H21NO4/c1-3-16-6-7-17-9-12(15-2)11-4-5-13-14(8-11)19-10-18-13/h4-5,8,12,15H,3,6-7,9-10H2,1-2H3. The van der Waals surface area contributed by atoms with Gasteiger partial charge in [0.15, 0.2) is 11.5 Å². The molecule has 5 heteroatoms. The van der Waals surface area contributed by atoms with E-state index in [1.807, 2.05) is 32.2 Å². The van der Waals surface area contributed by atoms with Gasteiger partial charge < -0.3 is 24.3 Å². The Morgan fingerprint density at radius 1 is 1.21 bits per heavy atom. The van der Waals surface area contributed by atoms with Gasteiger partial charge in [-0.25, -0.2) is 0 Å². The summed E-state index contributed by atoms with van der Waals surface area (Å²) < 4.78 is 21.5. The lowest BCUT2D eigenvalue weighted by Crippen LogP contribution is -2.22. The van der Waals surface area contributed by atoms with Gasteiger partial charge in [-0.15, -0.1) is 0 Å². The van der Waals surface area contributed by atoms with E-state index >= 15 is 0 Å². The molecular formula is C14H21NO4. The van der Waals surface area contributed by atoms with E-state index in [4.69, 9.17) is 18.9 Å². The Labute approximate surface area is 113 Å². The van der Waals surface area contributed by atoms with Crippen LogP contribution in [0.3, 0.4) is 0 Å². The third-order valence-electron chi connectivity index (χ3n) is 3.01. The zero-order valence-corrected chi connectivity index (χ0v) is 11.5. The number of hydrogen-bond donors (Lipinski definition) is 1. The number of ether oxygens (including phenoxy) is 4. The van der Waals surface area contributed by atoms with Crippen LogP contribution in [0.4, 0.5) is 0 Å². The molecule has 0 aliphatic carbocycles. The summed E-state index contributed by atoms with van der Waals surface area (Å²) in [6.45, 7) is 4.84. The van der Waals surface area contributed by atoms with Gasteiger partial charge in [-0.05, 0) is 31.7 Å². The monoisotopic (exact) mass is 267 g/mol. The van der Waals surface area contributed by atoms with E-state index in [2.05, 4.69) is 5.32 Å². The maximum Gasteiger partial charge on any atom is 0.231 e. The van der Waals surface area contributed by atoms with Crippen molar-refractivity contribution in [2.45, 2.75) is 13.0 Å². The number of benzene rings is 1. The van der Waals surface area contributed by atoms with E-state index in [-0.39, 0.29) is 6.04 Å². The van der Waals surface area contributed by atoms with Crippen molar-refractivity contribution >= 4 is 0 Å². The minimum Gasteiger partial charge on any atom is -0.454 e. The topological polar surface area (TPSA) is 49.0 Å². The smallest absolute Gasteiger partial charge is 0.231 e. The summed E-state index contributed by atoms with van der Waals surface area (Å²) in [6.07, 6.45) is 0. The van der Waals surface area contributed by atoms with Crippen LogP contribution in [-0.2, 0) is 9.47 Å². The molecule has 0 spiro atoms. The fourth-order valence-corrected chi connectivity index (χ4v) is 1.94. The minimum absolute atomic E-state index is 0.135. The molecule has 0 radical (unpaired) electrons. The Hall–Kier alpha value is -1.30. The fraction of sp³-hybridized carbons (Fsp3) is 0.571. The van der Waals surface area contributed by atoms with Crippen LogP contribution in [0.15, 0.2) is 18.2 Å². The van der Waals surface area contributed by atoms with E-state index in [0.717, 1.165) is 23.7 Å². The molecule has 1 aliphatic rings. The summed E-state index contributed by atoms with van der Waals surface area (Å²) >= 11 is 0. The number of nitrogens with one attached hydrogen (secondary N) is 1. The first-order chi connectivity index (χ1) is 9.35. The van der Waals surface area contributed by atoms with Gasteiger partial charge in [-0.2, -0.15) is 0 Å². The molecule has 1 heterocycles. The summed E-state index contributed by atoms with van der Waals surface area (Å²) in [5.41, 5.74) is 1.13. The number of rotatable bonds is 8. The van der Waals surface area contributed by atoms with Gasteiger partial charge >= 0.3 is 0 Å². The molecule has 1 aromatic carbocycles. The van der Waals surface area contributed by atoms with Crippen LogP contribution in [-0.4, -0.2) is 40.3 Å². The van der Waals surface area contributed by atoms with Crippen LogP contribution in [0, 0.1) is 0 Å². The highest BCUT2D eigenvalue weighted by Gasteiger charge is 2.17. The summed E-state index contributed by atoms with van der Waals surface area (Å²) in [5.74, 6) is 1.60. The molecule has 0 saturated heterocycles. The second kappa shape index (κ2) is 7.33. The van der Waals surface area contributed by atoms with Gasteiger partial charge in [0.1, 0.15) is 0 Å². The average molecular weight is 267 g/mol. The first-order valence-electron chi connectivity index (χ1n) is 6.57. The normalized spacial score (nSPS) is 14.6. The van der Waals surface area contributed by atoms with Gasteiger partial charge in [-0.1, -0.05) is 6.07 Å². The SMILES string of the molecule is CCOCCOCC(NC)c1ccc2c(c1)OCO2. The van der Waals surface area contributed by atoms with Crippen molar-refractivity contribution in [2.75, 3.05) is 40.3 Å². The van der Waals surface area contributed by atoms with Crippen LogP contribution >= 0.6 is 0 Å². The molecule has 106 valence electrons. The van der Waals surface area contributed by atoms with Gasteiger partial charge in [0.2, 0.25) is 6.79 Å². The lowest BCUT2D eigenvalue weighted by molar-refractivity contribution is 0.0441. The first-order valence-corrected chi connectivity index (χ1v) is 6.57. The van der Waals surface area contributed by atoms with Crippen molar-refractivity contribution in [3.8, 4) is 11.5 Å². The Bertz CT molecular complexity index is 397. The maximum atomic E-state index is 5.60. The molecule has 0 amide bonds. The van der Waals surface area contributed by atoms with E-state index in [0.29, 0.717) is 26.6 Å². The fourth-order valence-electron chi connectivity index (χ4n) is 1.94. The van der Waals surface area contributed by atoms with Crippen LogP contribution in [0.25, 0.3) is 0 Å². The second-order valence-corrected chi connectivity index (χ2v) is 4.23. The zero-order chi connectivity index (χ0) is 13.5. The quantitative estimate of drug-likeness (QED) is 0.727. The Morgan fingerprint density at radius 3 is 2.79 bits per heavy atom. The molecule has 2 rings (SSSR count). The van der Waals surface area contributed by atoms with Gasteiger partial charge in [0, 0.05) is 6.61 Å². The second-order valence-electron chi connectivity index (χ2n) is 4.23. The summed E-state index contributed by atoms with van der Waals surface area (Å²) in [7, 11) is 1.92. The average Bonchev–Trinajstić information content (AvgIpc) is 2.90.